The maximum absolute atomic E-state index is 12.1. The Morgan fingerprint density at radius 2 is 1.18 bits per heavy atom. The third kappa shape index (κ3) is 4.82. The highest BCUT2D eigenvalue weighted by Crippen LogP contribution is 2.22. The maximum atomic E-state index is 12.1. The molecule has 2 aromatic rings. The van der Waals surface area contributed by atoms with Crippen LogP contribution < -0.4 is 9.80 Å². The van der Waals surface area contributed by atoms with Gasteiger partial charge in [0.15, 0.2) is 0 Å². The molecule has 2 aromatic carbocycles. The van der Waals surface area contributed by atoms with Gasteiger partial charge < -0.3 is 19.6 Å². The van der Waals surface area contributed by atoms with E-state index in [9.17, 15) is 9.59 Å². The lowest BCUT2D eigenvalue weighted by atomic mass is 10.1. The molecular weight excluding hydrogens is 356 g/mol. The summed E-state index contributed by atoms with van der Waals surface area (Å²) in [4.78, 5) is 27.6. The first-order chi connectivity index (χ1) is 13.2. The summed E-state index contributed by atoms with van der Waals surface area (Å²) in [5.74, 6) is -1.22. The molecular formula is C22H26N2O4. The Morgan fingerprint density at radius 3 is 1.54 bits per heavy atom. The van der Waals surface area contributed by atoms with Crippen LogP contribution in [0.1, 0.15) is 41.5 Å². The minimum absolute atomic E-state index is 0.299. The zero-order valence-electron chi connectivity index (χ0n) is 16.5. The van der Waals surface area contributed by atoms with Crippen molar-refractivity contribution in [2.45, 2.75) is 26.4 Å². The number of aromatic carboxylic acids is 1. The van der Waals surface area contributed by atoms with Crippen molar-refractivity contribution in [2.24, 2.45) is 0 Å². The number of esters is 1. The van der Waals surface area contributed by atoms with E-state index in [0.717, 1.165) is 37.6 Å². The van der Waals surface area contributed by atoms with Gasteiger partial charge in [-0.15, -0.1) is 0 Å². The molecule has 1 aliphatic rings. The van der Waals surface area contributed by atoms with E-state index < -0.39 is 11.6 Å². The molecule has 1 heterocycles. The highest BCUT2D eigenvalue weighted by Gasteiger charge is 2.20. The SMILES string of the molecule is CC(C)(C)OC(=O)c1ccc(N2CCN(c3ccc(C(=O)O)cc3)CC2)cc1. The van der Waals surface area contributed by atoms with Crippen LogP contribution in [-0.4, -0.2) is 48.8 Å². The smallest absolute Gasteiger partial charge is 0.338 e. The Bertz CT molecular complexity index is 830. The second kappa shape index (κ2) is 7.92. The standard InChI is InChI=1S/C22H26N2O4/c1-22(2,3)28-21(27)17-6-10-19(11-7-17)24-14-12-23(13-15-24)18-8-4-16(5-9-18)20(25)26/h4-11H,12-15H2,1-3H3,(H,25,26). The van der Waals surface area contributed by atoms with E-state index in [-0.39, 0.29) is 5.97 Å². The van der Waals surface area contributed by atoms with Crippen LogP contribution in [0.4, 0.5) is 11.4 Å². The van der Waals surface area contributed by atoms with Crippen molar-refractivity contribution >= 4 is 23.3 Å². The van der Waals surface area contributed by atoms with Gasteiger partial charge in [0.1, 0.15) is 5.60 Å². The number of benzene rings is 2. The van der Waals surface area contributed by atoms with Crippen molar-refractivity contribution in [1.29, 1.82) is 0 Å². The van der Waals surface area contributed by atoms with Gasteiger partial charge in [-0.05, 0) is 69.3 Å². The van der Waals surface area contributed by atoms with Crippen molar-refractivity contribution in [3.05, 3.63) is 59.7 Å². The largest absolute Gasteiger partial charge is 0.478 e. The number of carboxylic acids is 1. The molecule has 0 aliphatic carbocycles. The van der Waals surface area contributed by atoms with Gasteiger partial charge in [0.25, 0.3) is 0 Å². The molecule has 1 saturated heterocycles. The highest BCUT2D eigenvalue weighted by molar-refractivity contribution is 5.90. The number of carbonyl (C=O) groups excluding carboxylic acids is 1. The number of anilines is 2. The molecule has 28 heavy (non-hydrogen) atoms. The highest BCUT2D eigenvalue weighted by atomic mass is 16.6. The van der Waals surface area contributed by atoms with Crippen LogP contribution in [-0.2, 0) is 4.74 Å². The molecule has 0 radical (unpaired) electrons. The number of hydrogen-bond acceptors (Lipinski definition) is 5. The molecule has 3 rings (SSSR count). The summed E-state index contributed by atoms with van der Waals surface area (Å²) in [5, 5.41) is 9.01. The molecule has 1 aliphatic heterocycles. The number of hydrogen-bond donors (Lipinski definition) is 1. The predicted octanol–water partition coefficient (Wildman–Crippen LogP) is 3.67. The molecule has 0 amide bonds. The summed E-state index contributed by atoms with van der Waals surface area (Å²) < 4.78 is 5.40. The lowest BCUT2D eigenvalue weighted by Gasteiger charge is -2.37. The summed E-state index contributed by atoms with van der Waals surface area (Å²) in [7, 11) is 0. The predicted molar refractivity (Wildman–Crippen MR) is 109 cm³/mol. The van der Waals surface area contributed by atoms with Gasteiger partial charge in [-0.3, -0.25) is 0 Å². The molecule has 0 unspecified atom stereocenters. The van der Waals surface area contributed by atoms with Crippen LogP contribution in [0.15, 0.2) is 48.5 Å². The summed E-state index contributed by atoms with van der Waals surface area (Å²) in [6.07, 6.45) is 0. The summed E-state index contributed by atoms with van der Waals surface area (Å²) in [5.41, 5.74) is 2.45. The first-order valence-corrected chi connectivity index (χ1v) is 9.39. The van der Waals surface area contributed by atoms with Crippen molar-refractivity contribution in [3.8, 4) is 0 Å². The topological polar surface area (TPSA) is 70.1 Å². The minimum Gasteiger partial charge on any atom is -0.478 e. The van der Waals surface area contributed by atoms with E-state index in [1.165, 1.54) is 0 Å². The van der Waals surface area contributed by atoms with E-state index in [1.54, 1.807) is 24.3 Å². The van der Waals surface area contributed by atoms with E-state index in [0.29, 0.717) is 11.1 Å². The van der Waals surface area contributed by atoms with Gasteiger partial charge in [-0.1, -0.05) is 0 Å². The first-order valence-electron chi connectivity index (χ1n) is 9.39. The Balaban J connectivity index is 1.59. The fourth-order valence-electron chi connectivity index (χ4n) is 3.18. The van der Waals surface area contributed by atoms with E-state index in [2.05, 4.69) is 9.80 Å². The molecule has 6 nitrogen and oxygen atoms in total. The summed E-state index contributed by atoms with van der Waals surface area (Å²) >= 11 is 0. The molecule has 0 aromatic heterocycles. The third-order valence-electron chi connectivity index (χ3n) is 4.63. The van der Waals surface area contributed by atoms with Gasteiger partial charge in [-0.25, -0.2) is 9.59 Å². The number of piperazine rings is 1. The van der Waals surface area contributed by atoms with Crippen LogP contribution in [0, 0.1) is 0 Å². The molecule has 0 spiro atoms. The minimum atomic E-state index is -0.911. The Labute approximate surface area is 165 Å². The second-order valence-electron chi connectivity index (χ2n) is 7.87. The van der Waals surface area contributed by atoms with Gasteiger partial charge in [0.05, 0.1) is 11.1 Å². The number of carbonyl (C=O) groups is 2. The van der Waals surface area contributed by atoms with Crippen molar-refractivity contribution < 1.29 is 19.4 Å². The third-order valence-corrected chi connectivity index (χ3v) is 4.63. The number of rotatable bonds is 4. The van der Waals surface area contributed by atoms with Crippen LogP contribution in [0.2, 0.25) is 0 Å². The maximum Gasteiger partial charge on any atom is 0.338 e. The van der Waals surface area contributed by atoms with Gasteiger partial charge in [0, 0.05) is 37.6 Å². The molecule has 0 saturated carbocycles. The number of carboxylic acid groups (broad SMARTS) is 1. The van der Waals surface area contributed by atoms with Crippen molar-refractivity contribution in [1.82, 2.24) is 0 Å². The zero-order chi connectivity index (χ0) is 20.3. The summed E-state index contributed by atoms with van der Waals surface area (Å²) in [6, 6.07) is 14.5. The van der Waals surface area contributed by atoms with Gasteiger partial charge in [-0.2, -0.15) is 0 Å². The second-order valence-corrected chi connectivity index (χ2v) is 7.87. The first kappa shape index (κ1) is 19.7. The molecule has 6 heteroatoms. The normalized spacial score (nSPS) is 14.7. The Morgan fingerprint density at radius 1 is 0.786 bits per heavy atom. The van der Waals surface area contributed by atoms with Gasteiger partial charge in [0.2, 0.25) is 0 Å². The fraction of sp³-hybridized carbons (Fsp3) is 0.364. The molecule has 1 fully saturated rings. The Kier molecular flexibility index (Phi) is 5.58. The zero-order valence-corrected chi connectivity index (χ0v) is 16.5. The molecule has 1 N–H and O–H groups in total. The van der Waals surface area contributed by atoms with Crippen LogP contribution >= 0.6 is 0 Å². The van der Waals surface area contributed by atoms with Crippen LogP contribution in [0.3, 0.4) is 0 Å². The Hall–Kier alpha value is -3.02. The van der Waals surface area contributed by atoms with Crippen molar-refractivity contribution in [3.63, 3.8) is 0 Å². The quantitative estimate of drug-likeness (QED) is 0.814. The van der Waals surface area contributed by atoms with Gasteiger partial charge >= 0.3 is 11.9 Å². The lowest BCUT2D eigenvalue weighted by molar-refractivity contribution is 0.00693. The monoisotopic (exact) mass is 382 g/mol. The lowest BCUT2D eigenvalue weighted by Crippen LogP contribution is -2.46. The number of nitrogens with zero attached hydrogens (tertiary/aromatic N) is 2. The number of ether oxygens (including phenoxy) is 1. The van der Waals surface area contributed by atoms with Crippen LogP contribution in [0.25, 0.3) is 0 Å². The fourth-order valence-corrected chi connectivity index (χ4v) is 3.18. The molecule has 0 bridgehead atoms. The van der Waals surface area contributed by atoms with E-state index in [4.69, 9.17) is 9.84 Å². The molecule has 148 valence electrons. The average molecular weight is 382 g/mol. The van der Waals surface area contributed by atoms with E-state index in [1.807, 2.05) is 45.0 Å². The van der Waals surface area contributed by atoms with E-state index >= 15 is 0 Å². The molecule has 0 atom stereocenters. The summed E-state index contributed by atoms with van der Waals surface area (Å²) in [6.45, 7) is 8.97. The van der Waals surface area contributed by atoms with Crippen LogP contribution in [0.5, 0.6) is 0 Å². The average Bonchev–Trinajstić information content (AvgIpc) is 2.67. The van der Waals surface area contributed by atoms with Crippen molar-refractivity contribution in [2.75, 3.05) is 36.0 Å².